The van der Waals surface area contributed by atoms with Crippen molar-refractivity contribution in [1.82, 2.24) is 15.0 Å². The molecule has 0 bridgehead atoms. The van der Waals surface area contributed by atoms with E-state index in [0.717, 1.165) is 18.7 Å². The van der Waals surface area contributed by atoms with Gasteiger partial charge in [0.1, 0.15) is 5.82 Å². The molecule has 1 N–H and O–H groups in total. The van der Waals surface area contributed by atoms with Crippen LogP contribution in [0.5, 0.6) is 0 Å². The van der Waals surface area contributed by atoms with Crippen LogP contribution in [0.15, 0.2) is 51.5 Å². The van der Waals surface area contributed by atoms with E-state index in [4.69, 9.17) is 16.1 Å². The fourth-order valence-electron chi connectivity index (χ4n) is 3.43. The number of aromatic nitrogens is 2. The van der Waals surface area contributed by atoms with Crippen LogP contribution in [0.2, 0.25) is 5.02 Å². The van der Waals surface area contributed by atoms with E-state index in [1.807, 2.05) is 12.1 Å². The van der Waals surface area contributed by atoms with E-state index in [9.17, 15) is 9.18 Å². The smallest absolute Gasteiger partial charge is 0.241 e. The molecule has 1 aliphatic heterocycles. The molecule has 1 saturated heterocycles. The van der Waals surface area contributed by atoms with Crippen LogP contribution in [0, 0.1) is 11.7 Å². The molecule has 2 aromatic carbocycles. The lowest BCUT2D eigenvalue weighted by Crippen LogP contribution is -2.37. The van der Waals surface area contributed by atoms with Gasteiger partial charge in [0.25, 0.3) is 0 Å². The number of halogens is 3. The molecule has 0 aliphatic carbocycles. The highest BCUT2D eigenvalue weighted by molar-refractivity contribution is 9.10. The van der Waals surface area contributed by atoms with Crippen LogP contribution in [-0.4, -0.2) is 34.0 Å². The van der Waals surface area contributed by atoms with Crippen molar-refractivity contribution in [3.05, 3.63) is 63.7 Å². The van der Waals surface area contributed by atoms with Gasteiger partial charge in [-0.2, -0.15) is 4.98 Å². The van der Waals surface area contributed by atoms with Crippen LogP contribution >= 0.6 is 27.5 Å². The quantitative estimate of drug-likeness (QED) is 0.533. The molecular weight excluding hydrogens is 475 g/mol. The van der Waals surface area contributed by atoms with E-state index < -0.39 is 5.82 Å². The zero-order valence-corrected chi connectivity index (χ0v) is 18.3. The van der Waals surface area contributed by atoms with Crippen LogP contribution in [0.25, 0.3) is 11.4 Å². The van der Waals surface area contributed by atoms with Crippen molar-refractivity contribution < 1.29 is 13.7 Å². The number of hydrogen-bond donors (Lipinski definition) is 1. The second-order valence-corrected chi connectivity index (χ2v) is 8.54. The third-order valence-corrected chi connectivity index (χ3v) is 5.79. The van der Waals surface area contributed by atoms with Gasteiger partial charge in [0.05, 0.1) is 12.2 Å². The highest BCUT2D eigenvalue weighted by atomic mass is 79.9. The molecule has 156 valence electrons. The number of benzene rings is 2. The van der Waals surface area contributed by atoms with Gasteiger partial charge in [0.15, 0.2) is 0 Å². The first-order chi connectivity index (χ1) is 14.5. The lowest BCUT2D eigenvalue weighted by molar-refractivity contribution is -0.121. The van der Waals surface area contributed by atoms with Crippen LogP contribution in [0.1, 0.15) is 18.7 Å². The van der Waals surface area contributed by atoms with Gasteiger partial charge in [-0.3, -0.25) is 9.69 Å². The molecule has 0 radical (unpaired) electrons. The van der Waals surface area contributed by atoms with E-state index in [0.29, 0.717) is 40.6 Å². The lowest BCUT2D eigenvalue weighted by atomic mass is 9.96. The minimum atomic E-state index is -0.456. The Balaban J connectivity index is 1.30. The maximum atomic E-state index is 13.9. The third-order valence-electron chi connectivity index (χ3n) is 5.06. The molecule has 9 heteroatoms. The number of carbonyl (C=O) groups is 1. The molecule has 1 aromatic heterocycles. The summed E-state index contributed by atoms with van der Waals surface area (Å²) in [5, 5.41) is 7.33. The third kappa shape index (κ3) is 5.06. The first kappa shape index (κ1) is 21.0. The van der Waals surface area contributed by atoms with Gasteiger partial charge in [-0.05, 0) is 56.3 Å². The van der Waals surface area contributed by atoms with Gasteiger partial charge in [-0.15, -0.1) is 0 Å². The molecule has 0 spiro atoms. The molecular formula is C21H19BrClFN4O2. The molecule has 6 nitrogen and oxygen atoms in total. The second kappa shape index (κ2) is 9.24. The topological polar surface area (TPSA) is 71.3 Å². The van der Waals surface area contributed by atoms with Crippen molar-refractivity contribution in [2.24, 2.45) is 5.92 Å². The van der Waals surface area contributed by atoms with Crippen molar-refractivity contribution in [2.45, 2.75) is 19.4 Å². The summed E-state index contributed by atoms with van der Waals surface area (Å²) in [6.45, 7) is 1.95. The van der Waals surface area contributed by atoms with Crippen molar-refractivity contribution in [1.29, 1.82) is 0 Å². The monoisotopic (exact) mass is 492 g/mol. The summed E-state index contributed by atoms with van der Waals surface area (Å²) < 4.78 is 19.9. The normalized spacial score (nSPS) is 15.3. The number of nitrogens with zero attached hydrogens (tertiary/aromatic N) is 3. The van der Waals surface area contributed by atoms with Crippen molar-refractivity contribution in [3.63, 3.8) is 0 Å². The Morgan fingerprint density at radius 1 is 1.27 bits per heavy atom. The van der Waals surface area contributed by atoms with Crippen LogP contribution in [0.3, 0.4) is 0 Å². The minimum absolute atomic E-state index is 0.156. The first-order valence-corrected chi connectivity index (χ1v) is 10.7. The highest BCUT2D eigenvalue weighted by Crippen LogP contribution is 2.24. The van der Waals surface area contributed by atoms with Gasteiger partial charge < -0.3 is 9.84 Å². The Kier molecular flexibility index (Phi) is 6.46. The summed E-state index contributed by atoms with van der Waals surface area (Å²) in [7, 11) is 0. The van der Waals surface area contributed by atoms with Crippen molar-refractivity contribution >= 4 is 39.1 Å². The zero-order chi connectivity index (χ0) is 21.1. The van der Waals surface area contributed by atoms with Crippen molar-refractivity contribution in [2.75, 3.05) is 18.4 Å². The average Bonchev–Trinajstić information content (AvgIpc) is 3.19. The van der Waals surface area contributed by atoms with Crippen LogP contribution < -0.4 is 5.32 Å². The molecule has 0 saturated carbocycles. The van der Waals surface area contributed by atoms with Gasteiger partial charge >= 0.3 is 0 Å². The zero-order valence-electron chi connectivity index (χ0n) is 15.9. The Labute approximate surface area is 186 Å². The molecule has 2 heterocycles. The second-order valence-electron chi connectivity index (χ2n) is 7.19. The number of hydrogen-bond acceptors (Lipinski definition) is 5. The molecule has 1 aliphatic rings. The molecule has 4 rings (SSSR count). The highest BCUT2D eigenvalue weighted by Gasteiger charge is 2.26. The van der Waals surface area contributed by atoms with E-state index in [2.05, 4.69) is 36.3 Å². The summed E-state index contributed by atoms with van der Waals surface area (Å²) >= 11 is 9.22. The summed E-state index contributed by atoms with van der Waals surface area (Å²) in [4.78, 5) is 19.1. The van der Waals surface area contributed by atoms with E-state index in [-0.39, 0.29) is 17.5 Å². The van der Waals surface area contributed by atoms with E-state index in [1.54, 1.807) is 24.3 Å². The number of amides is 1. The lowest BCUT2D eigenvalue weighted by Gasteiger charge is -2.30. The molecule has 0 unspecified atom stereocenters. The Hall–Kier alpha value is -2.29. The summed E-state index contributed by atoms with van der Waals surface area (Å²) in [6.07, 6.45) is 1.36. The van der Waals surface area contributed by atoms with E-state index in [1.165, 1.54) is 6.07 Å². The summed E-state index contributed by atoms with van der Waals surface area (Å²) in [5.41, 5.74) is 0.998. The summed E-state index contributed by atoms with van der Waals surface area (Å²) in [6, 6.07) is 11.9. The van der Waals surface area contributed by atoms with Gasteiger partial charge in [-0.1, -0.05) is 44.8 Å². The fraction of sp³-hybridized carbons (Fsp3) is 0.286. The SMILES string of the molecule is O=C(Nc1ccc(Br)cc1F)C1CCN(Cc2nc(-c3cccc(Cl)c3)no2)CC1. The van der Waals surface area contributed by atoms with Crippen molar-refractivity contribution in [3.8, 4) is 11.4 Å². The predicted molar refractivity (Wildman–Crippen MR) is 115 cm³/mol. The van der Waals surface area contributed by atoms with Gasteiger partial charge in [0.2, 0.25) is 17.6 Å². The Bertz CT molecular complexity index is 1050. The number of carbonyl (C=O) groups excluding carboxylic acids is 1. The van der Waals surface area contributed by atoms with E-state index >= 15 is 0 Å². The molecule has 1 fully saturated rings. The molecule has 3 aromatic rings. The number of rotatable bonds is 5. The fourth-order valence-corrected chi connectivity index (χ4v) is 3.96. The maximum absolute atomic E-state index is 13.9. The molecule has 1 amide bonds. The molecule has 0 atom stereocenters. The van der Waals surface area contributed by atoms with Crippen LogP contribution in [0.4, 0.5) is 10.1 Å². The largest absolute Gasteiger partial charge is 0.338 e. The van der Waals surface area contributed by atoms with Crippen LogP contribution in [-0.2, 0) is 11.3 Å². The van der Waals surface area contributed by atoms with Gasteiger partial charge in [-0.25, -0.2) is 4.39 Å². The van der Waals surface area contributed by atoms with Gasteiger partial charge in [0, 0.05) is 21.0 Å². The standard InChI is InChI=1S/C21H19BrClFN4O2/c22-15-4-5-18(17(24)11-15)25-21(29)13-6-8-28(9-7-13)12-19-26-20(27-30-19)14-2-1-3-16(23)10-14/h1-5,10-11,13H,6-9,12H2,(H,25,29). The average molecular weight is 494 g/mol. The predicted octanol–water partition coefficient (Wildman–Crippen LogP) is 5.14. The summed E-state index contributed by atoms with van der Waals surface area (Å²) in [5.74, 6) is 0.246. The number of likely N-dealkylation sites (tertiary alicyclic amines) is 1. The Morgan fingerprint density at radius 3 is 2.80 bits per heavy atom. The number of nitrogens with one attached hydrogen (secondary N) is 1. The minimum Gasteiger partial charge on any atom is -0.338 e. The first-order valence-electron chi connectivity index (χ1n) is 9.55. The molecule has 30 heavy (non-hydrogen) atoms. The number of anilines is 1. The maximum Gasteiger partial charge on any atom is 0.241 e. The number of piperidine rings is 1. The Morgan fingerprint density at radius 2 is 2.07 bits per heavy atom.